The molecule has 1 aliphatic heterocycles. The highest BCUT2D eigenvalue weighted by molar-refractivity contribution is 7.89. The number of hydrogen-bond donors (Lipinski definition) is 0. The number of ether oxygens (including phenoxy) is 1. The normalized spacial score (nSPS) is 16.3. The van der Waals surface area contributed by atoms with Crippen LogP contribution in [0, 0.1) is 0 Å². The van der Waals surface area contributed by atoms with E-state index < -0.39 is 22.1 Å². The molecule has 7 nitrogen and oxygen atoms in total. The molecule has 2 aromatic rings. The van der Waals surface area contributed by atoms with Gasteiger partial charge in [0.05, 0.1) is 16.7 Å². The first-order valence-corrected chi connectivity index (χ1v) is 9.28. The monoisotopic (exact) mass is 404 g/mol. The largest absolute Gasteiger partial charge is 0.573 e. The number of nitrogens with zero attached hydrogens (tertiary/aromatic N) is 2. The SMILES string of the molecule is O=C(c1ccoc1)N1CCN(S(=O)(=O)c2ccc(OC(F)(F)F)cc2)CC1. The zero-order valence-corrected chi connectivity index (χ0v) is 14.7. The average Bonchev–Trinajstić information content (AvgIpc) is 3.15. The maximum atomic E-state index is 12.6. The lowest BCUT2D eigenvalue weighted by Crippen LogP contribution is -2.50. The number of furan rings is 1. The van der Waals surface area contributed by atoms with Crippen molar-refractivity contribution in [2.75, 3.05) is 26.2 Å². The Morgan fingerprint density at radius 1 is 1.04 bits per heavy atom. The van der Waals surface area contributed by atoms with E-state index >= 15 is 0 Å². The average molecular weight is 404 g/mol. The summed E-state index contributed by atoms with van der Waals surface area (Å²) in [6, 6.07) is 5.52. The number of sulfonamides is 1. The van der Waals surface area contributed by atoms with Crippen molar-refractivity contribution < 1.29 is 35.5 Å². The van der Waals surface area contributed by atoms with Crippen molar-refractivity contribution in [1.82, 2.24) is 9.21 Å². The first-order chi connectivity index (χ1) is 12.7. The highest BCUT2D eigenvalue weighted by Gasteiger charge is 2.33. The summed E-state index contributed by atoms with van der Waals surface area (Å²) in [5, 5.41) is 0. The van der Waals surface area contributed by atoms with Crippen molar-refractivity contribution in [3.05, 3.63) is 48.4 Å². The zero-order valence-electron chi connectivity index (χ0n) is 13.8. The van der Waals surface area contributed by atoms with Gasteiger partial charge in [-0.05, 0) is 30.3 Å². The van der Waals surface area contributed by atoms with Crippen molar-refractivity contribution in [2.45, 2.75) is 11.3 Å². The van der Waals surface area contributed by atoms with Crippen molar-refractivity contribution in [1.29, 1.82) is 0 Å². The second-order valence-electron chi connectivity index (χ2n) is 5.73. The molecular weight excluding hydrogens is 389 g/mol. The number of benzene rings is 1. The second kappa shape index (κ2) is 7.24. The van der Waals surface area contributed by atoms with E-state index in [1.807, 2.05) is 0 Å². The molecule has 146 valence electrons. The predicted molar refractivity (Wildman–Crippen MR) is 86.5 cm³/mol. The van der Waals surface area contributed by atoms with Gasteiger partial charge in [0.25, 0.3) is 5.91 Å². The second-order valence-corrected chi connectivity index (χ2v) is 7.67. The Labute approximate surface area is 153 Å². The van der Waals surface area contributed by atoms with Crippen LogP contribution in [0.15, 0.2) is 52.2 Å². The van der Waals surface area contributed by atoms with E-state index in [1.165, 1.54) is 27.8 Å². The lowest BCUT2D eigenvalue weighted by atomic mass is 10.2. The molecule has 0 aliphatic carbocycles. The van der Waals surface area contributed by atoms with Gasteiger partial charge in [-0.1, -0.05) is 0 Å². The molecule has 2 heterocycles. The molecule has 1 amide bonds. The number of rotatable bonds is 4. The summed E-state index contributed by atoms with van der Waals surface area (Å²) in [5.74, 6) is -0.758. The highest BCUT2D eigenvalue weighted by Crippen LogP contribution is 2.25. The Morgan fingerprint density at radius 2 is 1.67 bits per heavy atom. The molecular formula is C16H15F3N2O5S. The third-order valence-corrected chi connectivity index (χ3v) is 5.90. The van der Waals surface area contributed by atoms with Crippen molar-refractivity contribution in [2.24, 2.45) is 0 Å². The maximum absolute atomic E-state index is 12.6. The van der Waals surface area contributed by atoms with Gasteiger partial charge in [0.15, 0.2) is 0 Å². The van der Waals surface area contributed by atoms with Gasteiger partial charge in [-0.3, -0.25) is 4.79 Å². The third kappa shape index (κ3) is 4.42. The lowest BCUT2D eigenvalue weighted by molar-refractivity contribution is -0.274. The first kappa shape index (κ1) is 19.2. The molecule has 1 aromatic carbocycles. The lowest BCUT2D eigenvalue weighted by Gasteiger charge is -2.33. The Bertz CT molecular complexity index is 887. The molecule has 3 rings (SSSR count). The quantitative estimate of drug-likeness (QED) is 0.782. The van der Waals surface area contributed by atoms with Gasteiger partial charge in [-0.2, -0.15) is 4.31 Å². The maximum Gasteiger partial charge on any atom is 0.573 e. The van der Waals surface area contributed by atoms with Gasteiger partial charge in [-0.15, -0.1) is 13.2 Å². The molecule has 1 aliphatic rings. The van der Waals surface area contributed by atoms with Crippen LogP contribution in [0.5, 0.6) is 5.75 Å². The van der Waals surface area contributed by atoms with Gasteiger partial charge < -0.3 is 14.1 Å². The standard InChI is InChI=1S/C16H15F3N2O5S/c17-16(18,19)26-13-1-3-14(4-2-13)27(23,24)21-8-6-20(7-9-21)15(22)12-5-10-25-11-12/h1-5,10-11H,6-9H2. The van der Waals surface area contributed by atoms with Crippen molar-refractivity contribution in [3.63, 3.8) is 0 Å². The number of amides is 1. The number of piperazine rings is 1. The summed E-state index contributed by atoms with van der Waals surface area (Å²) in [4.78, 5) is 13.6. The van der Waals surface area contributed by atoms with Crippen LogP contribution < -0.4 is 4.74 Å². The van der Waals surface area contributed by atoms with Gasteiger partial charge in [0, 0.05) is 26.2 Å². The summed E-state index contributed by atoms with van der Waals surface area (Å²) in [7, 11) is -3.89. The van der Waals surface area contributed by atoms with Gasteiger partial charge in [0.1, 0.15) is 12.0 Å². The van der Waals surface area contributed by atoms with Crippen LogP contribution in [-0.2, 0) is 10.0 Å². The Kier molecular flexibility index (Phi) is 5.16. The molecule has 0 atom stereocenters. The van der Waals surface area contributed by atoms with Crippen LogP contribution in [0.25, 0.3) is 0 Å². The van der Waals surface area contributed by atoms with E-state index in [0.717, 1.165) is 24.3 Å². The molecule has 0 unspecified atom stereocenters. The smallest absolute Gasteiger partial charge is 0.472 e. The Morgan fingerprint density at radius 3 is 2.19 bits per heavy atom. The number of carbonyl (C=O) groups excluding carboxylic acids is 1. The minimum absolute atomic E-state index is 0.0761. The van der Waals surface area contributed by atoms with Crippen molar-refractivity contribution >= 4 is 15.9 Å². The molecule has 0 radical (unpaired) electrons. The summed E-state index contributed by atoms with van der Waals surface area (Å²) in [5.41, 5.74) is 0.381. The fourth-order valence-corrected chi connectivity index (χ4v) is 4.08. The summed E-state index contributed by atoms with van der Waals surface area (Å²) < 4.78 is 71.6. The summed E-state index contributed by atoms with van der Waals surface area (Å²) >= 11 is 0. The van der Waals surface area contributed by atoms with Gasteiger partial charge >= 0.3 is 6.36 Å². The van der Waals surface area contributed by atoms with E-state index in [0.29, 0.717) is 5.56 Å². The van der Waals surface area contributed by atoms with Crippen LogP contribution in [0.4, 0.5) is 13.2 Å². The molecule has 11 heteroatoms. The number of carbonyl (C=O) groups is 1. The molecule has 27 heavy (non-hydrogen) atoms. The Hall–Kier alpha value is -2.53. The van der Waals surface area contributed by atoms with Crippen LogP contribution in [-0.4, -0.2) is 56.1 Å². The summed E-state index contributed by atoms with van der Waals surface area (Å²) in [6.45, 7) is 0.538. The van der Waals surface area contributed by atoms with Gasteiger partial charge in [0.2, 0.25) is 10.0 Å². The molecule has 1 aromatic heterocycles. The Balaban J connectivity index is 1.65. The van der Waals surface area contributed by atoms with Crippen LogP contribution in [0.3, 0.4) is 0 Å². The number of alkyl halides is 3. The molecule has 0 N–H and O–H groups in total. The molecule has 1 fully saturated rings. The van der Waals surface area contributed by atoms with Crippen LogP contribution in [0.1, 0.15) is 10.4 Å². The van der Waals surface area contributed by atoms with E-state index in [4.69, 9.17) is 4.42 Å². The van der Waals surface area contributed by atoms with E-state index in [1.54, 1.807) is 0 Å². The van der Waals surface area contributed by atoms with E-state index in [2.05, 4.69) is 4.74 Å². The van der Waals surface area contributed by atoms with E-state index in [9.17, 15) is 26.4 Å². The molecule has 0 bridgehead atoms. The molecule has 0 spiro atoms. The summed E-state index contributed by atoms with van der Waals surface area (Å²) in [6.07, 6.45) is -2.16. The predicted octanol–water partition coefficient (Wildman–Crippen LogP) is 2.32. The molecule has 0 saturated carbocycles. The minimum Gasteiger partial charge on any atom is -0.472 e. The van der Waals surface area contributed by atoms with Crippen LogP contribution in [0.2, 0.25) is 0 Å². The van der Waals surface area contributed by atoms with Gasteiger partial charge in [-0.25, -0.2) is 8.42 Å². The number of hydrogen-bond acceptors (Lipinski definition) is 5. The third-order valence-electron chi connectivity index (χ3n) is 3.99. The molecule has 1 saturated heterocycles. The van der Waals surface area contributed by atoms with Crippen LogP contribution >= 0.6 is 0 Å². The fraction of sp³-hybridized carbons (Fsp3) is 0.312. The fourth-order valence-electron chi connectivity index (χ4n) is 2.66. The van der Waals surface area contributed by atoms with Crippen molar-refractivity contribution in [3.8, 4) is 5.75 Å². The number of halogens is 3. The zero-order chi connectivity index (χ0) is 19.7. The first-order valence-electron chi connectivity index (χ1n) is 7.84. The van der Waals surface area contributed by atoms with E-state index in [-0.39, 0.29) is 37.0 Å². The minimum atomic E-state index is -4.85. The highest BCUT2D eigenvalue weighted by atomic mass is 32.2. The topological polar surface area (TPSA) is 80.1 Å².